The Labute approximate surface area is 88.3 Å². The van der Waals surface area contributed by atoms with Gasteiger partial charge in [0.15, 0.2) is 0 Å². The van der Waals surface area contributed by atoms with Crippen LogP contribution in [0.4, 0.5) is 0 Å². The highest BCUT2D eigenvalue weighted by atomic mass is 15.3. The van der Waals surface area contributed by atoms with E-state index in [1.165, 1.54) is 65.0 Å². The standard InChI is InChI=1S/C12H24N2/c1-2-13-7-9-14(10-8-13)11-12-5-3-4-6-12/h12H,2-11H2,1H3. The summed E-state index contributed by atoms with van der Waals surface area (Å²) in [6.45, 7) is 10.1. The normalized spacial score (nSPS) is 27.2. The van der Waals surface area contributed by atoms with Crippen LogP contribution in [0, 0.1) is 5.92 Å². The van der Waals surface area contributed by atoms with Crippen LogP contribution in [0.15, 0.2) is 0 Å². The topological polar surface area (TPSA) is 6.48 Å². The first kappa shape index (κ1) is 10.4. The molecule has 1 heterocycles. The van der Waals surface area contributed by atoms with Crippen molar-refractivity contribution in [2.75, 3.05) is 39.3 Å². The van der Waals surface area contributed by atoms with E-state index >= 15 is 0 Å². The van der Waals surface area contributed by atoms with Crippen LogP contribution in [-0.2, 0) is 0 Å². The van der Waals surface area contributed by atoms with E-state index in [0.717, 1.165) is 5.92 Å². The summed E-state index contributed by atoms with van der Waals surface area (Å²) in [6.07, 6.45) is 5.96. The average Bonchev–Trinajstić information content (AvgIpc) is 2.72. The van der Waals surface area contributed by atoms with E-state index in [4.69, 9.17) is 0 Å². The first-order valence-corrected chi connectivity index (χ1v) is 6.33. The molecule has 82 valence electrons. The quantitative estimate of drug-likeness (QED) is 0.679. The van der Waals surface area contributed by atoms with Gasteiger partial charge in [-0.05, 0) is 25.3 Å². The zero-order valence-electron chi connectivity index (χ0n) is 9.54. The van der Waals surface area contributed by atoms with Crippen LogP contribution in [0.1, 0.15) is 32.6 Å². The van der Waals surface area contributed by atoms with Crippen molar-refractivity contribution in [1.82, 2.24) is 9.80 Å². The summed E-state index contributed by atoms with van der Waals surface area (Å²) in [5, 5.41) is 0. The molecule has 0 aromatic carbocycles. The summed E-state index contributed by atoms with van der Waals surface area (Å²) in [7, 11) is 0. The molecule has 0 unspecified atom stereocenters. The largest absolute Gasteiger partial charge is 0.301 e. The number of rotatable bonds is 3. The van der Waals surface area contributed by atoms with Crippen LogP contribution in [0.5, 0.6) is 0 Å². The minimum absolute atomic E-state index is 1.03. The van der Waals surface area contributed by atoms with E-state index in [1.54, 1.807) is 0 Å². The van der Waals surface area contributed by atoms with Crippen molar-refractivity contribution in [2.45, 2.75) is 32.6 Å². The Morgan fingerprint density at radius 1 is 0.929 bits per heavy atom. The van der Waals surface area contributed by atoms with Gasteiger partial charge < -0.3 is 9.80 Å². The molecular formula is C12H24N2. The second-order valence-corrected chi connectivity index (χ2v) is 4.89. The molecule has 2 heteroatoms. The molecule has 1 aliphatic carbocycles. The van der Waals surface area contributed by atoms with Crippen molar-refractivity contribution in [1.29, 1.82) is 0 Å². The van der Waals surface area contributed by atoms with E-state index in [9.17, 15) is 0 Å². The molecule has 0 spiro atoms. The Bertz CT molecular complexity index is 156. The van der Waals surface area contributed by atoms with Gasteiger partial charge in [-0.1, -0.05) is 19.8 Å². The van der Waals surface area contributed by atoms with Gasteiger partial charge in [-0.2, -0.15) is 0 Å². The summed E-state index contributed by atoms with van der Waals surface area (Å²) in [5.74, 6) is 1.03. The van der Waals surface area contributed by atoms with Crippen molar-refractivity contribution in [3.8, 4) is 0 Å². The lowest BCUT2D eigenvalue weighted by Gasteiger charge is -2.35. The molecule has 0 N–H and O–H groups in total. The molecule has 0 radical (unpaired) electrons. The molecule has 1 saturated carbocycles. The number of piperazine rings is 1. The molecule has 0 bridgehead atoms. The molecule has 1 aliphatic heterocycles. The van der Waals surface area contributed by atoms with E-state index in [2.05, 4.69) is 16.7 Å². The molecule has 0 aromatic heterocycles. The predicted octanol–water partition coefficient (Wildman–Crippen LogP) is 1.81. The summed E-state index contributed by atoms with van der Waals surface area (Å²) in [5.41, 5.74) is 0. The molecule has 0 amide bonds. The fraction of sp³-hybridized carbons (Fsp3) is 1.00. The summed E-state index contributed by atoms with van der Waals surface area (Å²) in [4.78, 5) is 5.24. The molecule has 14 heavy (non-hydrogen) atoms. The van der Waals surface area contributed by atoms with Gasteiger partial charge in [-0.3, -0.25) is 0 Å². The lowest BCUT2D eigenvalue weighted by Crippen LogP contribution is -2.47. The van der Waals surface area contributed by atoms with E-state index in [0.29, 0.717) is 0 Å². The third-order valence-corrected chi connectivity index (χ3v) is 3.90. The third kappa shape index (κ3) is 2.71. The molecule has 0 atom stereocenters. The van der Waals surface area contributed by atoms with Crippen LogP contribution in [0.25, 0.3) is 0 Å². The lowest BCUT2D eigenvalue weighted by atomic mass is 10.1. The van der Waals surface area contributed by atoms with Crippen molar-refractivity contribution in [3.63, 3.8) is 0 Å². The summed E-state index contributed by atoms with van der Waals surface area (Å²) >= 11 is 0. The van der Waals surface area contributed by atoms with Gasteiger partial charge in [0, 0.05) is 32.7 Å². The molecule has 2 nitrogen and oxygen atoms in total. The molecule has 0 aromatic rings. The Morgan fingerprint density at radius 3 is 2.07 bits per heavy atom. The molecule has 2 aliphatic rings. The highest BCUT2D eigenvalue weighted by Crippen LogP contribution is 2.25. The van der Waals surface area contributed by atoms with Crippen LogP contribution in [0.3, 0.4) is 0 Å². The van der Waals surface area contributed by atoms with Gasteiger partial charge in [0.05, 0.1) is 0 Å². The zero-order valence-corrected chi connectivity index (χ0v) is 9.54. The van der Waals surface area contributed by atoms with Crippen molar-refractivity contribution in [3.05, 3.63) is 0 Å². The van der Waals surface area contributed by atoms with Crippen molar-refractivity contribution >= 4 is 0 Å². The van der Waals surface area contributed by atoms with Crippen LogP contribution in [0.2, 0.25) is 0 Å². The third-order valence-electron chi connectivity index (χ3n) is 3.90. The maximum atomic E-state index is 2.68. The maximum absolute atomic E-state index is 2.68. The van der Waals surface area contributed by atoms with Crippen LogP contribution < -0.4 is 0 Å². The molecular weight excluding hydrogens is 172 g/mol. The van der Waals surface area contributed by atoms with Gasteiger partial charge in [0.1, 0.15) is 0 Å². The SMILES string of the molecule is CCN1CCN(CC2CCCC2)CC1. The zero-order chi connectivity index (χ0) is 9.80. The van der Waals surface area contributed by atoms with Gasteiger partial charge >= 0.3 is 0 Å². The van der Waals surface area contributed by atoms with E-state index in [1.807, 2.05) is 0 Å². The van der Waals surface area contributed by atoms with Crippen molar-refractivity contribution in [2.24, 2.45) is 5.92 Å². The second-order valence-electron chi connectivity index (χ2n) is 4.89. The number of nitrogens with zero attached hydrogens (tertiary/aromatic N) is 2. The minimum Gasteiger partial charge on any atom is -0.301 e. The Morgan fingerprint density at radius 2 is 1.50 bits per heavy atom. The maximum Gasteiger partial charge on any atom is 0.0110 e. The highest BCUT2D eigenvalue weighted by molar-refractivity contribution is 4.76. The Kier molecular flexibility index (Phi) is 3.82. The Balaban J connectivity index is 1.67. The van der Waals surface area contributed by atoms with Gasteiger partial charge in [0.25, 0.3) is 0 Å². The number of likely N-dealkylation sites (N-methyl/N-ethyl adjacent to an activating group) is 1. The molecule has 2 rings (SSSR count). The van der Waals surface area contributed by atoms with Gasteiger partial charge in [-0.25, -0.2) is 0 Å². The fourth-order valence-electron chi connectivity index (χ4n) is 2.85. The molecule has 2 fully saturated rings. The average molecular weight is 196 g/mol. The smallest absolute Gasteiger partial charge is 0.0110 e. The number of hydrogen-bond acceptors (Lipinski definition) is 2. The van der Waals surface area contributed by atoms with Crippen molar-refractivity contribution < 1.29 is 0 Å². The predicted molar refractivity (Wildman–Crippen MR) is 60.5 cm³/mol. The van der Waals surface area contributed by atoms with E-state index in [-0.39, 0.29) is 0 Å². The van der Waals surface area contributed by atoms with Gasteiger partial charge in [0.2, 0.25) is 0 Å². The van der Waals surface area contributed by atoms with E-state index < -0.39 is 0 Å². The minimum atomic E-state index is 1.03. The first-order chi connectivity index (χ1) is 6.88. The Hall–Kier alpha value is -0.0800. The van der Waals surface area contributed by atoms with Crippen LogP contribution in [-0.4, -0.2) is 49.1 Å². The van der Waals surface area contributed by atoms with Gasteiger partial charge in [-0.15, -0.1) is 0 Å². The lowest BCUT2D eigenvalue weighted by molar-refractivity contribution is 0.122. The highest BCUT2D eigenvalue weighted by Gasteiger charge is 2.21. The van der Waals surface area contributed by atoms with Crippen LogP contribution >= 0.6 is 0 Å². The molecule has 1 saturated heterocycles. The summed E-state index contributed by atoms with van der Waals surface area (Å²) < 4.78 is 0. The fourth-order valence-corrected chi connectivity index (χ4v) is 2.85. The monoisotopic (exact) mass is 196 g/mol. The second kappa shape index (κ2) is 5.13. The first-order valence-electron chi connectivity index (χ1n) is 6.33. The summed E-state index contributed by atoms with van der Waals surface area (Å²) in [6, 6.07) is 0. The number of hydrogen-bond donors (Lipinski definition) is 0.